The van der Waals surface area contributed by atoms with E-state index in [9.17, 15) is 4.79 Å². The summed E-state index contributed by atoms with van der Waals surface area (Å²) in [5.41, 5.74) is 0. The van der Waals surface area contributed by atoms with Crippen molar-refractivity contribution in [3.05, 3.63) is 6.54 Å². The number of nitrogens with zero attached hydrogens (tertiary/aromatic N) is 1. The summed E-state index contributed by atoms with van der Waals surface area (Å²) in [5, 5.41) is 0. The molecule has 0 aromatic heterocycles. The molecule has 1 saturated carbocycles. The Balaban J connectivity index is 1.89. The maximum absolute atomic E-state index is 11.7. The van der Waals surface area contributed by atoms with Crippen LogP contribution in [0.15, 0.2) is 0 Å². The number of hydrogen-bond acceptors (Lipinski definition) is 1. The van der Waals surface area contributed by atoms with Crippen molar-refractivity contribution in [3.63, 3.8) is 0 Å². The van der Waals surface area contributed by atoms with Gasteiger partial charge in [-0.2, -0.15) is 0 Å². The van der Waals surface area contributed by atoms with Crippen molar-refractivity contribution < 1.29 is 4.79 Å². The molecule has 1 radical (unpaired) electrons. The van der Waals surface area contributed by atoms with E-state index in [1.165, 1.54) is 19.3 Å². The highest BCUT2D eigenvalue weighted by Crippen LogP contribution is 2.28. The van der Waals surface area contributed by atoms with Crippen molar-refractivity contribution in [1.82, 2.24) is 4.90 Å². The summed E-state index contributed by atoms with van der Waals surface area (Å²) < 4.78 is 0. The van der Waals surface area contributed by atoms with Crippen LogP contribution in [-0.2, 0) is 4.79 Å². The highest BCUT2D eigenvalue weighted by molar-refractivity contribution is 5.79. The van der Waals surface area contributed by atoms with E-state index >= 15 is 0 Å². The molecule has 1 amide bonds. The van der Waals surface area contributed by atoms with Gasteiger partial charge < -0.3 is 4.90 Å². The summed E-state index contributed by atoms with van der Waals surface area (Å²) in [5.74, 6) is 0.754. The van der Waals surface area contributed by atoms with Crippen LogP contribution in [-0.4, -0.2) is 17.4 Å². The molecule has 0 unspecified atom stereocenters. The summed E-state index contributed by atoms with van der Waals surface area (Å²) in [6.07, 6.45) is 7.03. The van der Waals surface area contributed by atoms with Crippen LogP contribution in [0.25, 0.3) is 0 Å². The first kappa shape index (κ1) is 8.09. The summed E-state index contributed by atoms with van der Waals surface area (Å²) >= 11 is 0. The summed E-state index contributed by atoms with van der Waals surface area (Å²) in [6.45, 7) is 3.04. The fraction of sp³-hybridized carbons (Fsp3) is 0.800. The third-order valence-electron chi connectivity index (χ3n) is 2.94. The van der Waals surface area contributed by atoms with Crippen LogP contribution in [0, 0.1) is 12.5 Å². The molecule has 1 heterocycles. The molecule has 0 atom stereocenters. The van der Waals surface area contributed by atoms with Gasteiger partial charge in [-0.15, -0.1) is 0 Å². The Hall–Kier alpha value is -0.530. The van der Waals surface area contributed by atoms with Gasteiger partial charge in [0, 0.05) is 12.5 Å². The van der Waals surface area contributed by atoms with Gasteiger partial charge in [0.1, 0.15) is 0 Å². The molecule has 2 heteroatoms. The van der Waals surface area contributed by atoms with Crippen molar-refractivity contribution in [3.8, 4) is 0 Å². The minimum absolute atomic E-state index is 0.361. The Morgan fingerprint density at radius 2 is 2.00 bits per heavy atom. The third-order valence-corrected chi connectivity index (χ3v) is 2.94. The largest absolute Gasteiger partial charge is 0.337 e. The first-order valence-corrected chi connectivity index (χ1v) is 5.02. The molecular weight excluding hydrogens is 150 g/mol. The van der Waals surface area contributed by atoms with Gasteiger partial charge in [-0.25, -0.2) is 0 Å². The van der Waals surface area contributed by atoms with Crippen molar-refractivity contribution in [2.24, 2.45) is 5.92 Å². The summed E-state index contributed by atoms with van der Waals surface area (Å²) in [4.78, 5) is 13.7. The molecule has 0 spiro atoms. The standard InChI is InChI=1S/C10H16NO/c12-10(9-5-1-2-6-9)11-7-3-4-8-11/h7,9H,1-6,8H2. The smallest absolute Gasteiger partial charge is 0.226 e. The van der Waals surface area contributed by atoms with Gasteiger partial charge in [0.15, 0.2) is 0 Å². The Bertz CT molecular complexity index is 149. The van der Waals surface area contributed by atoms with Crippen LogP contribution < -0.4 is 0 Å². The second-order valence-corrected chi connectivity index (χ2v) is 3.84. The second-order valence-electron chi connectivity index (χ2n) is 3.84. The lowest BCUT2D eigenvalue weighted by atomic mass is 10.1. The molecule has 12 heavy (non-hydrogen) atoms. The van der Waals surface area contributed by atoms with Crippen LogP contribution in [0.3, 0.4) is 0 Å². The van der Waals surface area contributed by atoms with Crippen molar-refractivity contribution in [1.29, 1.82) is 0 Å². The molecule has 0 aromatic carbocycles. The van der Waals surface area contributed by atoms with E-state index in [2.05, 4.69) is 6.54 Å². The van der Waals surface area contributed by atoms with E-state index in [1.54, 1.807) is 0 Å². The molecule has 0 N–H and O–H groups in total. The van der Waals surface area contributed by atoms with Gasteiger partial charge in [-0.05, 0) is 25.7 Å². The fourth-order valence-electron chi connectivity index (χ4n) is 2.21. The van der Waals surface area contributed by atoms with Crippen LogP contribution in [0.1, 0.15) is 38.5 Å². The quantitative estimate of drug-likeness (QED) is 0.583. The molecular formula is C10H16NO. The molecule has 2 aliphatic rings. The molecule has 1 saturated heterocycles. The van der Waals surface area contributed by atoms with E-state index in [4.69, 9.17) is 0 Å². The molecule has 1 aliphatic carbocycles. The summed E-state index contributed by atoms with van der Waals surface area (Å²) in [7, 11) is 0. The highest BCUT2D eigenvalue weighted by Gasteiger charge is 2.28. The monoisotopic (exact) mass is 166 g/mol. The predicted octanol–water partition coefficient (Wildman–Crippen LogP) is 1.96. The molecule has 2 rings (SSSR count). The zero-order chi connectivity index (χ0) is 8.39. The minimum Gasteiger partial charge on any atom is -0.337 e. The van der Waals surface area contributed by atoms with Crippen LogP contribution in [0.4, 0.5) is 0 Å². The second kappa shape index (κ2) is 3.46. The minimum atomic E-state index is 0.361. The normalized spacial score (nSPS) is 25.2. The van der Waals surface area contributed by atoms with Crippen molar-refractivity contribution in [2.45, 2.75) is 38.5 Å². The lowest BCUT2D eigenvalue weighted by molar-refractivity contribution is -0.132. The third kappa shape index (κ3) is 1.47. The van der Waals surface area contributed by atoms with E-state index in [1.807, 2.05) is 4.90 Å². The molecule has 1 aliphatic heterocycles. The molecule has 67 valence electrons. The van der Waals surface area contributed by atoms with Crippen LogP contribution in [0.5, 0.6) is 0 Å². The molecule has 0 aromatic rings. The van der Waals surface area contributed by atoms with Crippen molar-refractivity contribution >= 4 is 5.91 Å². The summed E-state index contributed by atoms with van der Waals surface area (Å²) in [6, 6.07) is 0. The molecule has 2 fully saturated rings. The van der Waals surface area contributed by atoms with Crippen molar-refractivity contribution in [2.75, 3.05) is 6.54 Å². The Labute approximate surface area is 73.9 Å². The average Bonchev–Trinajstić information content (AvgIpc) is 2.77. The maximum Gasteiger partial charge on any atom is 0.226 e. The lowest BCUT2D eigenvalue weighted by Gasteiger charge is -2.18. The predicted molar refractivity (Wildman–Crippen MR) is 47.2 cm³/mol. The highest BCUT2D eigenvalue weighted by atomic mass is 16.2. The molecule has 0 bridgehead atoms. The van der Waals surface area contributed by atoms with Gasteiger partial charge >= 0.3 is 0 Å². The fourth-order valence-corrected chi connectivity index (χ4v) is 2.21. The average molecular weight is 166 g/mol. The van der Waals surface area contributed by atoms with Gasteiger partial charge in [0.2, 0.25) is 5.91 Å². The van der Waals surface area contributed by atoms with E-state index in [-0.39, 0.29) is 0 Å². The topological polar surface area (TPSA) is 20.3 Å². The first-order chi connectivity index (χ1) is 5.88. The molecule has 2 nitrogen and oxygen atoms in total. The lowest BCUT2D eigenvalue weighted by Crippen LogP contribution is -2.30. The van der Waals surface area contributed by atoms with Crippen LogP contribution >= 0.6 is 0 Å². The van der Waals surface area contributed by atoms with E-state index in [0.29, 0.717) is 11.8 Å². The van der Waals surface area contributed by atoms with Crippen LogP contribution in [0.2, 0.25) is 0 Å². The Morgan fingerprint density at radius 3 is 2.58 bits per heavy atom. The van der Waals surface area contributed by atoms with E-state index < -0.39 is 0 Å². The number of likely N-dealkylation sites (tertiary alicyclic amines) is 1. The SMILES string of the molecule is O=C(C1CCCC1)N1[CH]CCC1. The zero-order valence-electron chi connectivity index (χ0n) is 7.46. The Morgan fingerprint density at radius 1 is 1.25 bits per heavy atom. The number of carbonyl (C=O) groups excluding carboxylic acids is 1. The first-order valence-electron chi connectivity index (χ1n) is 5.02. The Kier molecular flexibility index (Phi) is 2.33. The van der Waals surface area contributed by atoms with Gasteiger partial charge in [0.25, 0.3) is 0 Å². The number of carbonyl (C=O) groups is 1. The van der Waals surface area contributed by atoms with Gasteiger partial charge in [-0.3, -0.25) is 4.79 Å². The number of amides is 1. The number of hydrogen-bond donors (Lipinski definition) is 0. The zero-order valence-corrected chi connectivity index (χ0v) is 7.46. The maximum atomic E-state index is 11.7. The number of rotatable bonds is 1. The van der Waals surface area contributed by atoms with E-state index in [0.717, 1.165) is 25.8 Å². The van der Waals surface area contributed by atoms with Gasteiger partial charge in [-0.1, -0.05) is 12.8 Å². The van der Waals surface area contributed by atoms with Gasteiger partial charge in [0.05, 0.1) is 6.54 Å².